The smallest absolute Gasteiger partial charge is 0.0492 e. The van der Waals surface area contributed by atoms with Crippen molar-refractivity contribution in [3.05, 3.63) is 53.9 Å². The predicted octanol–water partition coefficient (Wildman–Crippen LogP) is 2.70. The van der Waals surface area contributed by atoms with Gasteiger partial charge in [0.15, 0.2) is 0 Å². The summed E-state index contributed by atoms with van der Waals surface area (Å²) in [6, 6.07) is 13.4. The van der Waals surface area contributed by atoms with Crippen molar-refractivity contribution in [3.8, 4) is 0 Å². The summed E-state index contributed by atoms with van der Waals surface area (Å²) in [6.07, 6.45) is 5.62. The van der Waals surface area contributed by atoms with Crippen molar-refractivity contribution in [3.63, 3.8) is 0 Å². The monoisotopic (exact) mass is 255 g/mol. The van der Waals surface area contributed by atoms with Crippen molar-refractivity contribution >= 4 is 0 Å². The quantitative estimate of drug-likeness (QED) is 0.860. The van der Waals surface area contributed by atoms with Crippen molar-refractivity contribution in [1.82, 2.24) is 15.1 Å². The minimum atomic E-state index is 0.523. The van der Waals surface area contributed by atoms with Gasteiger partial charge >= 0.3 is 0 Å². The van der Waals surface area contributed by atoms with Crippen LogP contribution in [-0.4, -0.2) is 16.3 Å². The van der Waals surface area contributed by atoms with Crippen LogP contribution in [-0.2, 0) is 13.5 Å². The number of hydrogen-bond donors (Lipinski definition) is 1. The zero-order chi connectivity index (χ0) is 13.1. The largest absolute Gasteiger partial charge is 0.309 e. The number of nitrogens with zero attached hydrogens (tertiary/aromatic N) is 2. The zero-order valence-electron chi connectivity index (χ0n) is 11.4. The van der Waals surface area contributed by atoms with E-state index in [0.29, 0.717) is 6.04 Å². The lowest BCUT2D eigenvalue weighted by molar-refractivity contribution is 0.480. The highest BCUT2D eigenvalue weighted by molar-refractivity contribution is 5.21. The highest BCUT2D eigenvalue weighted by Crippen LogP contribution is 2.40. The Morgan fingerprint density at radius 1 is 1.26 bits per heavy atom. The van der Waals surface area contributed by atoms with Gasteiger partial charge < -0.3 is 5.32 Å². The number of aryl methyl sites for hydroxylation is 1. The maximum atomic E-state index is 4.21. The third kappa shape index (κ3) is 3.04. The molecule has 100 valence electrons. The minimum Gasteiger partial charge on any atom is -0.309 e. The summed E-state index contributed by atoms with van der Waals surface area (Å²) < 4.78 is 1.95. The van der Waals surface area contributed by atoms with E-state index in [9.17, 15) is 0 Å². The van der Waals surface area contributed by atoms with E-state index >= 15 is 0 Å². The number of rotatable bonds is 6. The van der Waals surface area contributed by atoms with E-state index in [-0.39, 0.29) is 0 Å². The van der Waals surface area contributed by atoms with Gasteiger partial charge in [-0.1, -0.05) is 30.3 Å². The molecule has 1 aromatic heterocycles. The molecule has 1 aromatic carbocycles. The summed E-state index contributed by atoms with van der Waals surface area (Å²) in [5, 5.41) is 7.93. The summed E-state index contributed by atoms with van der Waals surface area (Å²) >= 11 is 0. The van der Waals surface area contributed by atoms with E-state index < -0.39 is 0 Å². The molecule has 1 aliphatic carbocycles. The Balaban J connectivity index is 1.59. The second-order valence-electron chi connectivity index (χ2n) is 5.38. The van der Waals surface area contributed by atoms with E-state index in [1.54, 1.807) is 0 Å². The van der Waals surface area contributed by atoms with Gasteiger partial charge in [-0.3, -0.25) is 4.68 Å². The molecule has 0 radical (unpaired) electrons. The molecule has 1 unspecified atom stereocenters. The van der Waals surface area contributed by atoms with E-state index in [4.69, 9.17) is 0 Å². The van der Waals surface area contributed by atoms with Crippen molar-refractivity contribution in [1.29, 1.82) is 0 Å². The average molecular weight is 255 g/mol. The lowest BCUT2D eigenvalue weighted by Crippen LogP contribution is -2.25. The van der Waals surface area contributed by atoms with E-state index in [1.165, 1.54) is 24.1 Å². The van der Waals surface area contributed by atoms with Gasteiger partial charge in [-0.2, -0.15) is 5.10 Å². The first-order valence-electron chi connectivity index (χ1n) is 7.10. The first kappa shape index (κ1) is 12.4. The maximum Gasteiger partial charge on any atom is 0.0492 e. The van der Waals surface area contributed by atoms with E-state index in [2.05, 4.69) is 46.8 Å². The number of benzene rings is 1. The first-order valence-corrected chi connectivity index (χ1v) is 7.10. The maximum absolute atomic E-state index is 4.21. The van der Waals surface area contributed by atoms with Crippen LogP contribution < -0.4 is 5.32 Å². The van der Waals surface area contributed by atoms with Gasteiger partial charge in [-0.15, -0.1) is 0 Å². The average Bonchev–Trinajstić information content (AvgIpc) is 3.20. The Hall–Kier alpha value is -1.61. The highest BCUT2D eigenvalue weighted by atomic mass is 15.3. The zero-order valence-corrected chi connectivity index (χ0v) is 11.4. The van der Waals surface area contributed by atoms with Gasteiger partial charge in [-0.05, 0) is 30.4 Å². The van der Waals surface area contributed by atoms with Crippen molar-refractivity contribution in [2.24, 2.45) is 13.0 Å². The Morgan fingerprint density at radius 3 is 2.68 bits per heavy atom. The fourth-order valence-corrected chi connectivity index (χ4v) is 2.65. The van der Waals surface area contributed by atoms with Crippen molar-refractivity contribution in [2.75, 3.05) is 6.54 Å². The Bertz CT molecular complexity index is 514. The molecular weight excluding hydrogens is 234 g/mol. The molecular formula is C16H21N3. The van der Waals surface area contributed by atoms with Crippen LogP contribution in [0, 0.1) is 5.92 Å². The molecule has 0 spiro atoms. The highest BCUT2D eigenvalue weighted by Gasteiger charge is 2.31. The molecule has 1 N–H and O–H groups in total. The van der Waals surface area contributed by atoms with Crippen LogP contribution in [0.15, 0.2) is 42.6 Å². The fourth-order valence-electron chi connectivity index (χ4n) is 2.65. The Labute approximate surface area is 114 Å². The molecule has 0 bridgehead atoms. The summed E-state index contributed by atoms with van der Waals surface area (Å²) in [5.74, 6) is 0.828. The van der Waals surface area contributed by atoms with Gasteiger partial charge in [0.2, 0.25) is 0 Å². The molecule has 3 nitrogen and oxygen atoms in total. The molecule has 0 aliphatic heterocycles. The molecule has 3 rings (SSSR count). The van der Waals surface area contributed by atoms with Crippen LogP contribution in [0.5, 0.6) is 0 Å². The predicted molar refractivity (Wildman–Crippen MR) is 76.8 cm³/mol. The summed E-state index contributed by atoms with van der Waals surface area (Å²) in [6.45, 7) is 1.01. The topological polar surface area (TPSA) is 29.9 Å². The molecule has 2 aromatic rings. The third-order valence-electron chi connectivity index (χ3n) is 3.92. The van der Waals surface area contributed by atoms with Gasteiger partial charge in [0, 0.05) is 37.9 Å². The summed E-state index contributed by atoms with van der Waals surface area (Å²) in [7, 11) is 2.00. The van der Waals surface area contributed by atoms with Gasteiger partial charge in [0.1, 0.15) is 0 Å². The van der Waals surface area contributed by atoms with Gasteiger partial charge in [0.25, 0.3) is 0 Å². The molecule has 1 aliphatic rings. The molecule has 0 saturated heterocycles. The van der Waals surface area contributed by atoms with Crippen LogP contribution in [0.4, 0.5) is 0 Å². The van der Waals surface area contributed by atoms with E-state index in [1.807, 2.05) is 17.9 Å². The first-order chi connectivity index (χ1) is 9.34. The lowest BCUT2D eigenvalue weighted by atomic mass is 10.0. The standard InChI is InChI=1S/C16H21N3/c1-19-15(10-12-18-19)9-11-17-16(14-7-8-14)13-5-3-2-4-6-13/h2-6,10,12,14,16-17H,7-9,11H2,1H3. The van der Waals surface area contributed by atoms with Gasteiger partial charge in [-0.25, -0.2) is 0 Å². The Morgan fingerprint density at radius 2 is 2.05 bits per heavy atom. The molecule has 1 fully saturated rings. The van der Waals surface area contributed by atoms with E-state index in [0.717, 1.165) is 18.9 Å². The second kappa shape index (κ2) is 5.57. The second-order valence-corrected chi connectivity index (χ2v) is 5.38. The summed E-state index contributed by atoms with van der Waals surface area (Å²) in [4.78, 5) is 0. The number of nitrogens with one attached hydrogen (secondary N) is 1. The molecule has 1 saturated carbocycles. The Kier molecular flexibility index (Phi) is 3.65. The normalized spacial score (nSPS) is 16.5. The van der Waals surface area contributed by atoms with Crippen LogP contribution >= 0.6 is 0 Å². The minimum absolute atomic E-state index is 0.523. The molecule has 1 atom stereocenters. The molecule has 3 heteroatoms. The lowest BCUT2D eigenvalue weighted by Gasteiger charge is -2.18. The summed E-state index contributed by atoms with van der Waals surface area (Å²) in [5.41, 5.74) is 2.71. The third-order valence-corrected chi connectivity index (χ3v) is 3.92. The van der Waals surface area contributed by atoms with Gasteiger partial charge in [0.05, 0.1) is 0 Å². The number of aromatic nitrogens is 2. The molecule has 19 heavy (non-hydrogen) atoms. The molecule has 1 heterocycles. The fraction of sp³-hybridized carbons (Fsp3) is 0.438. The van der Waals surface area contributed by atoms with Crippen LogP contribution in [0.1, 0.15) is 30.1 Å². The number of hydrogen-bond acceptors (Lipinski definition) is 2. The van der Waals surface area contributed by atoms with Crippen LogP contribution in [0.2, 0.25) is 0 Å². The van der Waals surface area contributed by atoms with Crippen molar-refractivity contribution in [2.45, 2.75) is 25.3 Å². The van der Waals surface area contributed by atoms with Crippen LogP contribution in [0.25, 0.3) is 0 Å². The molecule has 0 amide bonds. The SMILES string of the molecule is Cn1nccc1CCNC(c1ccccc1)C1CC1. The van der Waals surface area contributed by atoms with Crippen LogP contribution in [0.3, 0.4) is 0 Å². The van der Waals surface area contributed by atoms with Crippen molar-refractivity contribution < 1.29 is 0 Å².